The standard InChI is InChI=1S/C12H13I2NO3/c13-7-4-8(10(17)9(14)5-7)11(18)15-12(6-16)2-1-3-12/h4-5,16-17H,1-3,6H2,(H,15,18). The first kappa shape index (κ1) is 14.3. The lowest BCUT2D eigenvalue weighted by Gasteiger charge is -2.41. The van der Waals surface area contributed by atoms with Crippen LogP contribution in [-0.2, 0) is 0 Å². The van der Waals surface area contributed by atoms with Gasteiger partial charge in [0, 0.05) is 3.57 Å². The number of carbonyl (C=O) groups excluding carboxylic acids is 1. The number of amides is 1. The van der Waals surface area contributed by atoms with Gasteiger partial charge in [0.2, 0.25) is 0 Å². The van der Waals surface area contributed by atoms with Crippen LogP contribution in [0.5, 0.6) is 5.75 Å². The van der Waals surface area contributed by atoms with Crippen LogP contribution in [0.4, 0.5) is 0 Å². The predicted octanol–water partition coefficient (Wildman–Crippen LogP) is 2.25. The fourth-order valence-corrected chi connectivity index (χ4v) is 3.82. The molecule has 2 rings (SSSR count). The van der Waals surface area contributed by atoms with Crippen molar-refractivity contribution in [1.82, 2.24) is 5.32 Å². The lowest BCUT2D eigenvalue weighted by atomic mass is 9.77. The molecule has 0 aromatic heterocycles. The SMILES string of the molecule is O=C(NC1(CO)CCC1)c1cc(I)cc(I)c1O. The van der Waals surface area contributed by atoms with Crippen molar-refractivity contribution in [3.05, 3.63) is 24.8 Å². The highest BCUT2D eigenvalue weighted by molar-refractivity contribution is 14.1. The summed E-state index contributed by atoms with van der Waals surface area (Å²) in [5, 5.41) is 22.1. The molecule has 0 radical (unpaired) electrons. The summed E-state index contributed by atoms with van der Waals surface area (Å²) >= 11 is 4.10. The van der Waals surface area contributed by atoms with Gasteiger partial charge in [-0.15, -0.1) is 0 Å². The van der Waals surface area contributed by atoms with E-state index >= 15 is 0 Å². The third kappa shape index (κ3) is 2.74. The van der Waals surface area contributed by atoms with Gasteiger partial charge in [0.1, 0.15) is 5.75 Å². The van der Waals surface area contributed by atoms with Gasteiger partial charge in [0.15, 0.2) is 0 Å². The van der Waals surface area contributed by atoms with E-state index in [4.69, 9.17) is 0 Å². The van der Waals surface area contributed by atoms with Crippen molar-refractivity contribution < 1.29 is 15.0 Å². The number of aromatic hydroxyl groups is 1. The van der Waals surface area contributed by atoms with Crippen LogP contribution < -0.4 is 5.32 Å². The molecule has 6 heteroatoms. The maximum Gasteiger partial charge on any atom is 0.255 e. The number of rotatable bonds is 3. The summed E-state index contributed by atoms with van der Waals surface area (Å²) in [5.74, 6) is -0.321. The highest BCUT2D eigenvalue weighted by Crippen LogP contribution is 2.33. The van der Waals surface area contributed by atoms with Crippen molar-refractivity contribution in [2.24, 2.45) is 0 Å². The van der Waals surface area contributed by atoms with Crippen LogP contribution in [0, 0.1) is 7.14 Å². The number of hydrogen-bond donors (Lipinski definition) is 3. The number of phenols is 1. The second-order valence-corrected chi connectivity index (χ2v) is 6.94. The Morgan fingerprint density at radius 2 is 2.06 bits per heavy atom. The normalized spacial score (nSPS) is 17.1. The van der Waals surface area contributed by atoms with Crippen LogP contribution in [0.2, 0.25) is 0 Å². The first-order valence-corrected chi connectivity index (χ1v) is 7.74. The van der Waals surface area contributed by atoms with Gasteiger partial charge in [0.05, 0.1) is 21.3 Å². The average Bonchev–Trinajstić information content (AvgIpc) is 2.28. The van der Waals surface area contributed by atoms with Gasteiger partial charge in [-0.3, -0.25) is 4.79 Å². The molecule has 98 valence electrons. The van der Waals surface area contributed by atoms with Gasteiger partial charge in [0.25, 0.3) is 5.91 Å². The molecule has 0 aliphatic heterocycles. The van der Waals surface area contributed by atoms with Crippen molar-refractivity contribution in [1.29, 1.82) is 0 Å². The van der Waals surface area contributed by atoms with E-state index in [1.807, 2.05) is 22.6 Å². The average molecular weight is 473 g/mol. The predicted molar refractivity (Wildman–Crippen MR) is 84.7 cm³/mol. The molecule has 0 saturated heterocycles. The molecule has 1 aliphatic carbocycles. The third-order valence-electron chi connectivity index (χ3n) is 3.26. The Morgan fingerprint density at radius 3 is 2.56 bits per heavy atom. The minimum Gasteiger partial charge on any atom is -0.506 e. The number of aliphatic hydroxyl groups is 1. The molecule has 0 heterocycles. The van der Waals surface area contributed by atoms with Gasteiger partial charge < -0.3 is 15.5 Å². The van der Waals surface area contributed by atoms with Crippen LogP contribution in [0.25, 0.3) is 0 Å². The molecule has 1 fully saturated rings. The van der Waals surface area contributed by atoms with Crippen molar-refractivity contribution >= 4 is 51.1 Å². The molecule has 0 spiro atoms. The highest BCUT2D eigenvalue weighted by atomic mass is 127. The van der Waals surface area contributed by atoms with Crippen LogP contribution in [0.1, 0.15) is 29.6 Å². The molecule has 1 aromatic carbocycles. The molecule has 1 aliphatic rings. The topological polar surface area (TPSA) is 69.6 Å². The Labute approximate surface area is 132 Å². The van der Waals surface area contributed by atoms with Gasteiger partial charge in [-0.05, 0) is 76.6 Å². The Kier molecular flexibility index (Phi) is 4.37. The molecule has 0 atom stereocenters. The lowest BCUT2D eigenvalue weighted by molar-refractivity contribution is 0.0639. The zero-order valence-electron chi connectivity index (χ0n) is 9.54. The quantitative estimate of drug-likeness (QED) is 0.591. The fraction of sp³-hybridized carbons (Fsp3) is 0.417. The van der Waals surface area contributed by atoms with Crippen molar-refractivity contribution in [3.8, 4) is 5.75 Å². The molecule has 1 aromatic rings. The second-order valence-electron chi connectivity index (χ2n) is 4.53. The van der Waals surface area contributed by atoms with Gasteiger partial charge >= 0.3 is 0 Å². The lowest BCUT2D eigenvalue weighted by Crippen LogP contribution is -2.56. The molecule has 0 bridgehead atoms. The zero-order chi connectivity index (χ0) is 13.3. The second kappa shape index (κ2) is 5.49. The Morgan fingerprint density at radius 1 is 1.39 bits per heavy atom. The fourth-order valence-electron chi connectivity index (χ4n) is 1.97. The van der Waals surface area contributed by atoms with Gasteiger partial charge in [-0.1, -0.05) is 0 Å². The van der Waals surface area contributed by atoms with Crippen LogP contribution in [0.3, 0.4) is 0 Å². The minimum absolute atomic E-state index is 0.000860. The Hall–Kier alpha value is -0.0900. The molecule has 1 amide bonds. The van der Waals surface area contributed by atoms with Crippen LogP contribution in [0.15, 0.2) is 12.1 Å². The smallest absolute Gasteiger partial charge is 0.255 e. The molecule has 3 N–H and O–H groups in total. The number of nitrogens with one attached hydrogen (secondary N) is 1. The van der Waals surface area contributed by atoms with E-state index < -0.39 is 5.54 Å². The zero-order valence-corrected chi connectivity index (χ0v) is 13.9. The minimum atomic E-state index is -0.490. The molecule has 0 unspecified atom stereocenters. The van der Waals surface area contributed by atoms with Crippen LogP contribution >= 0.6 is 45.2 Å². The van der Waals surface area contributed by atoms with E-state index in [1.165, 1.54) is 0 Å². The number of hydrogen-bond acceptors (Lipinski definition) is 3. The van der Waals surface area contributed by atoms with Crippen molar-refractivity contribution in [2.45, 2.75) is 24.8 Å². The summed E-state index contributed by atoms with van der Waals surface area (Å²) in [4.78, 5) is 12.1. The monoisotopic (exact) mass is 473 g/mol. The molecule has 1 saturated carbocycles. The highest BCUT2D eigenvalue weighted by Gasteiger charge is 2.38. The Bertz CT molecular complexity index is 481. The molecule has 4 nitrogen and oxygen atoms in total. The summed E-state index contributed by atoms with van der Waals surface area (Å²) in [6, 6.07) is 3.45. The number of aliphatic hydroxyl groups excluding tert-OH is 1. The summed E-state index contributed by atoms with van der Waals surface area (Å²) in [5.41, 5.74) is -0.220. The number of phenolic OH excluding ortho intramolecular Hbond substituents is 1. The number of benzene rings is 1. The van der Waals surface area contributed by atoms with E-state index in [2.05, 4.69) is 27.9 Å². The first-order valence-electron chi connectivity index (χ1n) is 5.59. The Balaban J connectivity index is 2.24. The molecular formula is C12H13I2NO3. The van der Waals surface area contributed by atoms with E-state index in [0.29, 0.717) is 3.57 Å². The summed E-state index contributed by atoms with van der Waals surface area (Å²) < 4.78 is 1.54. The molecular weight excluding hydrogens is 460 g/mol. The van der Waals surface area contributed by atoms with E-state index in [1.54, 1.807) is 12.1 Å². The summed E-state index contributed by atoms with van der Waals surface area (Å²) in [6.07, 6.45) is 2.59. The maximum atomic E-state index is 12.1. The van der Waals surface area contributed by atoms with E-state index in [-0.39, 0.29) is 23.8 Å². The number of halogens is 2. The van der Waals surface area contributed by atoms with Crippen molar-refractivity contribution in [2.75, 3.05) is 6.61 Å². The third-order valence-corrected chi connectivity index (χ3v) is 4.71. The largest absolute Gasteiger partial charge is 0.506 e. The first-order chi connectivity index (χ1) is 8.47. The summed E-state index contributed by atoms with van der Waals surface area (Å²) in [7, 11) is 0. The molecule has 18 heavy (non-hydrogen) atoms. The van der Waals surface area contributed by atoms with Gasteiger partial charge in [-0.2, -0.15) is 0 Å². The maximum absolute atomic E-state index is 12.1. The van der Waals surface area contributed by atoms with E-state index in [0.717, 1.165) is 22.8 Å². The van der Waals surface area contributed by atoms with Gasteiger partial charge in [-0.25, -0.2) is 0 Å². The van der Waals surface area contributed by atoms with Crippen molar-refractivity contribution in [3.63, 3.8) is 0 Å². The number of carbonyl (C=O) groups is 1. The van der Waals surface area contributed by atoms with E-state index in [9.17, 15) is 15.0 Å². The summed E-state index contributed by atoms with van der Waals surface area (Å²) in [6.45, 7) is -0.0550. The van der Waals surface area contributed by atoms with Crippen LogP contribution in [-0.4, -0.2) is 28.3 Å².